The molecule has 1 amide bonds. The summed E-state index contributed by atoms with van der Waals surface area (Å²) >= 11 is 0. The molecule has 4 heterocycles. The Labute approximate surface area is 179 Å². The zero-order valence-electron chi connectivity index (χ0n) is 17.4. The summed E-state index contributed by atoms with van der Waals surface area (Å²) in [5.41, 5.74) is 2.03. The summed E-state index contributed by atoms with van der Waals surface area (Å²) in [5.74, 6) is -0.0798. The van der Waals surface area contributed by atoms with Crippen molar-refractivity contribution in [3.63, 3.8) is 0 Å². The fraction of sp³-hybridized carbons (Fsp3) is 0.545. The summed E-state index contributed by atoms with van der Waals surface area (Å²) in [4.78, 5) is 17.5. The first-order valence-electron chi connectivity index (χ1n) is 10.8. The van der Waals surface area contributed by atoms with Gasteiger partial charge in [0.15, 0.2) is 6.04 Å². The zero-order valence-corrected chi connectivity index (χ0v) is 17.4. The number of hydrogen-bond donors (Lipinski definition) is 1. The molecule has 3 aliphatic heterocycles. The number of carbonyl (C=O) groups is 1. The Bertz CT molecular complexity index is 971. The molecule has 3 atom stereocenters. The largest absolute Gasteiger partial charge is 0.410 e. The first kappa shape index (κ1) is 20.4. The van der Waals surface area contributed by atoms with Crippen LogP contribution in [0, 0.1) is 6.92 Å². The molecule has 0 spiro atoms. The molecule has 2 aromatic rings. The summed E-state index contributed by atoms with van der Waals surface area (Å²) < 4.78 is 42.6. The topological polar surface area (TPSA) is 53.4 Å². The lowest BCUT2D eigenvalue weighted by atomic mass is 9.96. The van der Waals surface area contributed by atoms with Crippen molar-refractivity contribution in [3.05, 3.63) is 47.2 Å². The van der Waals surface area contributed by atoms with Crippen LogP contribution >= 0.6 is 0 Å². The smallest absolute Gasteiger partial charge is 0.363 e. The molecule has 1 aromatic heterocycles. The van der Waals surface area contributed by atoms with Gasteiger partial charge in [0.1, 0.15) is 11.4 Å². The molecule has 1 N–H and O–H groups in total. The standard InChI is InChI=1S/C22H26F3N5O/c1-14-4-6-15(7-5-14)18-11-19(22(23,24)25)30-20(27-18)17(12-26-30)21(31)29-10-9-28-8-2-3-16(28)13-29/h4-7,12,16,18-19,27H,2-3,8-11,13H2,1H3. The highest BCUT2D eigenvalue weighted by molar-refractivity contribution is 5.99. The van der Waals surface area contributed by atoms with Crippen LogP contribution < -0.4 is 5.32 Å². The van der Waals surface area contributed by atoms with Gasteiger partial charge < -0.3 is 10.2 Å². The molecule has 6 nitrogen and oxygen atoms in total. The van der Waals surface area contributed by atoms with E-state index in [4.69, 9.17) is 0 Å². The number of nitrogens with zero attached hydrogens (tertiary/aromatic N) is 4. The van der Waals surface area contributed by atoms with Gasteiger partial charge in [-0.15, -0.1) is 0 Å². The second kappa shape index (κ2) is 7.55. The van der Waals surface area contributed by atoms with Gasteiger partial charge >= 0.3 is 6.18 Å². The number of hydrogen-bond acceptors (Lipinski definition) is 4. The molecule has 2 saturated heterocycles. The van der Waals surface area contributed by atoms with Gasteiger partial charge in [-0.1, -0.05) is 29.8 Å². The molecule has 1 aromatic carbocycles. The van der Waals surface area contributed by atoms with Crippen molar-refractivity contribution in [1.29, 1.82) is 0 Å². The highest BCUT2D eigenvalue weighted by Gasteiger charge is 2.47. The van der Waals surface area contributed by atoms with E-state index in [1.54, 1.807) is 4.90 Å². The lowest BCUT2D eigenvalue weighted by Crippen LogP contribution is -2.52. The molecule has 5 rings (SSSR count). The third-order valence-electron chi connectivity index (χ3n) is 6.82. The second-order valence-electron chi connectivity index (χ2n) is 8.84. The summed E-state index contributed by atoms with van der Waals surface area (Å²) in [7, 11) is 0. The number of halogens is 3. The van der Waals surface area contributed by atoms with Crippen molar-refractivity contribution in [2.75, 3.05) is 31.5 Å². The van der Waals surface area contributed by atoms with E-state index < -0.39 is 18.3 Å². The van der Waals surface area contributed by atoms with Gasteiger partial charge in [0.2, 0.25) is 0 Å². The number of carbonyl (C=O) groups excluding carboxylic acids is 1. The zero-order chi connectivity index (χ0) is 21.8. The van der Waals surface area contributed by atoms with Crippen molar-refractivity contribution in [1.82, 2.24) is 19.6 Å². The summed E-state index contributed by atoms with van der Waals surface area (Å²) in [6.45, 7) is 5.01. The van der Waals surface area contributed by atoms with E-state index in [1.807, 2.05) is 31.2 Å². The first-order valence-corrected chi connectivity index (χ1v) is 10.8. The van der Waals surface area contributed by atoms with E-state index in [2.05, 4.69) is 15.3 Å². The highest BCUT2D eigenvalue weighted by Crippen LogP contribution is 2.44. The summed E-state index contributed by atoms with van der Waals surface area (Å²) in [6, 6.07) is 5.48. The first-order chi connectivity index (χ1) is 14.8. The molecule has 9 heteroatoms. The van der Waals surface area contributed by atoms with Crippen LogP contribution in [0.3, 0.4) is 0 Å². The predicted octanol–water partition coefficient (Wildman–Crippen LogP) is 3.77. The number of aromatic nitrogens is 2. The molecule has 3 unspecified atom stereocenters. The monoisotopic (exact) mass is 433 g/mol. The Hall–Kier alpha value is -2.55. The van der Waals surface area contributed by atoms with Crippen LogP contribution in [0.2, 0.25) is 0 Å². The Kier molecular flexibility index (Phi) is 4.96. The molecule has 0 saturated carbocycles. The number of anilines is 1. The van der Waals surface area contributed by atoms with Gasteiger partial charge in [0.25, 0.3) is 5.91 Å². The van der Waals surface area contributed by atoms with Crippen molar-refractivity contribution >= 4 is 11.7 Å². The van der Waals surface area contributed by atoms with Crippen LogP contribution in [0.15, 0.2) is 30.5 Å². The highest BCUT2D eigenvalue weighted by atomic mass is 19.4. The third kappa shape index (κ3) is 3.69. The maximum Gasteiger partial charge on any atom is 0.410 e. The van der Waals surface area contributed by atoms with Gasteiger partial charge in [-0.05, 0) is 31.9 Å². The fourth-order valence-corrected chi connectivity index (χ4v) is 5.08. The molecule has 2 fully saturated rings. The minimum atomic E-state index is -4.46. The maximum absolute atomic E-state index is 13.9. The SMILES string of the molecule is Cc1ccc(C2CC(C(F)(F)F)n3ncc(C(=O)N4CCN5CCCC5C4)c3N2)cc1. The van der Waals surface area contributed by atoms with Crippen LogP contribution in [0.1, 0.15) is 52.8 Å². The maximum atomic E-state index is 13.9. The van der Waals surface area contributed by atoms with Crippen LogP contribution in [-0.2, 0) is 0 Å². The van der Waals surface area contributed by atoms with Crippen LogP contribution in [0.5, 0.6) is 0 Å². The molecule has 3 aliphatic rings. The Morgan fingerprint density at radius 1 is 1.16 bits per heavy atom. The second-order valence-corrected chi connectivity index (χ2v) is 8.84. The van der Waals surface area contributed by atoms with E-state index in [0.717, 1.165) is 41.7 Å². The number of alkyl halides is 3. The Balaban J connectivity index is 1.46. The molecule has 0 aliphatic carbocycles. The van der Waals surface area contributed by atoms with Crippen molar-refractivity contribution in [2.45, 2.75) is 50.5 Å². The van der Waals surface area contributed by atoms with Crippen molar-refractivity contribution in [3.8, 4) is 0 Å². The average molecular weight is 433 g/mol. The van der Waals surface area contributed by atoms with Crippen LogP contribution in [-0.4, -0.2) is 63.9 Å². The molecule has 0 bridgehead atoms. The van der Waals surface area contributed by atoms with Gasteiger partial charge in [-0.25, -0.2) is 4.68 Å². The van der Waals surface area contributed by atoms with Crippen molar-refractivity contribution < 1.29 is 18.0 Å². The molecule has 0 radical (unpaired) electrons. The van der Waals surface area contributed by atoms with Crippen molar-refractivity contribution in [2.24, 2.45) is 0 Å². The number of nitrogens with one attached hydrogen (secondary N) is 1. The molecule has 166 valence electrons. The van der Waals surface area contributed by atoms with Gasteiger partial charge in [0.05, 0.1) is 12.2 Å². The number of piperazine rings is 1. The van der Waals surface area contributed by atoms with Gasteiger partial charge in [-0.3, -0.25) is 9.69 Å². The lowest BCUT2D eigenvalue weighted by molar-refractivity contribution is -0.173. The van der Waals surface area contributed by atoms with E-state index in [1.165, 1.54) is 6.20 Å². The quantitative estimate of drug-likeness (QED) is 0.784. The molecular weight excluding hydrogens is 407 g/mol. The number of fused-ring (bicyclic) bond motifs is 2. The Morgan fingerprint density at radius 2 is 1.94 bits per heavy atom. The minimum Gasteiger partial charge on any atom is -0.363 e. The van der Waals surface area contributed by atoms with Gasteiger partial charge in [0, 0.05) is 32.1 Å². The van der Waals surface area contributed by atoms with Crippen LogP contribution in [0.4, 0.5) is 19.0 Å². The third-order valence-corrected chi connectivity index (χ3v) is 6.82. The Morgan fingerprint density at radius 3 is 2.68 bits per heavy atom. The fourth-order valence-electron chi connectivity index (χ4n) is 5.08. The normalized spacial score (nSPS) is 26.3. The van der Waals surface area contributed by atoms with Crippen LogP contribution in [0.25, 0.3) is 0 Å². The summed E-state index contributed by atoms with van der Waals surface area (Å²) in [5, 5.41) is 7.20. The lowest BCUT2D eigenvalue weighted by Gasteiger charge is -2.38. The summed E-state index contributed by atoms with van der Waals surface area (Å²) in [6.07, 6.45) is -1.15. The number of benzene rings is 1. The van der Waals surface area contributed by atoms with E-state index in [9.17, 15) is 18.0 Å². The predicted molar refractivity (Wildman–Crippen MR) is 110 cm³/mol. The average Bonchev–Trinajstić information content (AvgIpc) is 3.38. The van der Waals surface area contributed by atoms with E-state index in [-0.39, 0.29) is 23.7 Å². The molecule has 31 heavy (non-hydrogen) atoms. The number of aryl methyl sites for hydroxylation is 1. The van der Waals surface area contributed by atoms with E-state index >= 15 is 0 Å². The molecular formula is C22H26F3N5O. The minimum absolute atomic E-state index is 0.165. The van der Waals surface area contributed by atoms with E-state index in [0.29, 0.717) is 19.1 Å². The number of amides is 1. The number of rotatable bonds is 2. The van der Waals surface area contributed by atoms with Gasteiger partial charge in [-0.2, -0.15) is 18.3 Å².